The van der Waals surface area contributed by atoms with E-state index in [0.29, 0.717) is 0 Å². The van der Waals surface area contributed by atoms with Crippen LogP contribution in [0.15, 0.2) is 35.3 Å². The van der Waals surface area contributed by atoms with Gasteiger partial charge in [-0.3, -0.25) is 4.79 Å². The number of alkyl halides is 3. The lowest BCUT2D eigenvalue weighted by Gasteiger charge is -2.37. The third-order valence-electron chi connectivity index (χ3n) is 4.09. The molecule has 0 spiro atoms. The Hall–Kier alpha value is -1.70. The van der Waals surface area contributed by atoms with Crippen molar-refractivity contribution in [3.05, 3.63) is 62.0 Å². The molecule has 1 aromatic heterocycles. The van der Waals surface area contributed by atoms with E-state index in [4.69, 9.17) is 23.2 Å². The normalized spacial score (nSPS) is 15.7. The summed E-state index contributed by atoms with van der Waals surface area (Å²) < 4.78 is 42.3. The minimum absolute atomic E-state index is 0.0238. The van der Waals surface area contributed by atoms with Gasteiger partial charge in [-0.15, -0.1) is 0 Å². The van der Waals surface area contributed by atoms with Crippen LogP contribution in [0.4, 0.5) is 13.2 Å². The summed E-state index contributed by atoms with van der Waals surface area (Å²) in [5.74, 6) is -1.77. The minimum Gasteiger partial charge on any atom is -0.508 e. The average molecular weight is 396 g/mol. The first-order valence-corrected chi connectivity index (χ1v) is 7.79. The molecule has 2 aromatic rings. The average Bonchev–Trinajstić information content (AvgIpc) is 2.49. The number of phenolic OH excluding ortho intramolecular Hbond substituents is 1. The van der Waals surface area contributed by atoms with E-state index in [-0.39, 0.29) is 16.3 Å². The lowest BCUT2D eigenvalue weighted by Crippen LogP contribution is -2.47. The van der Waals surface area contributed by atoms with Gasteiger partial charge >= 0.3 is 6.18 Å². The molecule has 0 aliphatic carbocycles. The first-order chi connectivity index (χ1) is 11.4. The summed E-state index contributed by atoms with van der Waals surface area (Å²) in [6.45, 7) is 1.14. The molecule has 2 rings (SSSR count). The number of aromatic hydroxyl groups is 1. The molecule has 0 fully saturated rings. The van der Waals surface area contributed by atoms with Crippen LogP contribution in [0.3, 0.4) is 0 Å². The van der Waals surface area contributed by atoms with Crippen molar-refractivity contribution in [2.24, 2.45) is 7.05 Å². The molecule has 0 saturated carbocycles. The quantitative estimate of drug-likeness (QED) is 0.826. The predicted octanol–water partition coefficient (Wildman–Crippen LogP) is 3.95. The molecule has 0 amide bonds. The van der Waals surface area contributed by atoms with E-state index in [2.05, 4.69) is 0 Å². The largest absolute Gasteiger partial charge is 0.508 e. The summed E-state index contributed by atoms with van der Waals surface area (Å²) in [5, 5.41) is 19.4. The summed E-state index contributed by atoms with van der Waals surface area (Å²) in [7, 11) is 1.23. The van der Waals surface area contributed by atoms with Crippen LogP contribution in [-0.2, 0) is 12.6 Å². The Bertz CT molecular complexity index is 840. The SMILES string of the molecule is CC(c1ccc(O)cc1Cl)C(O)(c1cc(Cl)c(=O)n(C)c1)C(F)(F)F. The van der Waals surface area contributed by atoms with Crippen molar-refractivity contribution in [3.63, 3.8) is 0 Å². The second-order valence-corrected chi connectivity index (χ2v) is 6.50. The predicted molar refractivity (Wildman–Crippen MR) is 88.2 cm³/mol. The zero-order valence-corrected chi connectivity index (χ0v) is 14.6. The molecule has 2 N–H and O–H groups in total. The van der Waals surface area contributed by atoms with E-state index < -0.39 is 33.8 Å². The second kappa shape index (κ2) is 6.55. The van der Waals surface area contributed by atoms with Crippen molar-refractivity contribution in [2.45, 2.75) is 24.6 Å². The molecular formula is C16H14Cl2F3NO3. The van der Waals surface area contributed by atoms with Crippen molar-refractivity contribution >= 4 is 23.2 Å². The molecule has 2 unspecified atom stereocenters. The van der Waals surface area contributed by atoms with Crippen molar-refractivity contribution in [1.29, 1.82) is 0 Å². The number of aliphatic hydroxyl groups is 1. The highest BCUT2D eigenvalue weighted by Gasteiger charge is 2.59. The Morgan fingerprint density at radius 1 is 1.16 bits per heavy atom. The molecular weight excluding hydrogens is 382 g/mol. The van der Waals surface area contributed by atoms with Crippen molar-refractivity contribution in [2.75, 3.05) is 0 Å². The number of aryl methyl sites for hydroxylation is 1. The number of pyridine rings is 1. The maximum Gasteiger partial charge on any atom is 0.422 e. The molecule has 25 heavy (non-hydrogen) atoms. The molecule has 2 atom stereocenters. The fraction of sp³-hybridized carbons (Fsp3) is 0.312. The molecule has 0 bridgehead atoms. The molecule has 0 saturated heterocycles. The van der Waals surface area contributed by atoms with Gasteiger partial charge in [0.25, 0.3) is 5.56 Å². The Morgan fingerprint density at radius 3 is 2.24 bits per heavy atom. The maximum atomic E-state index is 13.8. The van der Waals surface area contributed by atoms with Crippen LogP contribution in [0.5, 0.6) is 5.75 Å². The minimum atomic E-state index is -5.09. The van der Waals surface area contributed by atoms with Crippen LogP contribution in [0.25, 0.3) is 0 Å². The van der Waals surface area contributed by atoms with E-state index in [1.807, 2.05) is 0 Å². The number of hydrogen-bond donors (Lipinski definition) is 2. The highest BCUT2D eigenvalue weighted by molar-refractivity contribution is 6.31. The van der Waals surface area contributed by atoms with Gasteiger partial charge < -0.3 is 14.8 Å². The molecule has 0 aliphatic rings. The lowest BCUT2D eigenvalue weighted by atomic mass is 9.78. The van der Waals surface area contributed by atoms with Gasteiger partial charge in [-0.2, -0.15) is 13.2 Å². The van der Waals surface area contributed by atoms with E-state index in [9.17, 15) is 28.2 Å². The van der Waals surface area contributed by atoms with Gasteiger partial charge in [-0.25, -0.2) is 0 Å². The summed E-state index contributed by atoms with van der Waals surface area (Å²) in [5.41, 5.74) is -4.67. The molecule has 0 radical (unpaired) electrons. The fourth-order valence-corrected chi connectivity index (χ4v) is 3.22. The van der Waals surface area contributed by atoms with E-state index in [1.165, 1.54) is 19.2 Å². The number of benzene rings is 1. The van der Waals surface area contributed by atoms with Crippen LogP contribution in [-0.4, -0.2) is 21.0 Å². The van der Waals surface area contributed by atoms with E-state index in [1.54, 1.807) is 0 Å². The van der Waals surface area contributed by atoms with Crippen LogP contribution in [0.2, 0.25) is 10.0 Å². The Morgan fingerprint density at radius 2 is 1.76 bits per heavy atom. The molecule has 136 valence electrons. The summed E-state index contributed by atoms with van der Waals surface area (Å²) >= 11 is 11.6. The molecule has 1 heterocycles. The zero-order chi connectivity index (χ0) is 19.2. The van der Waals surface area contributed by atoms with Gasteiger partial charge in [0.05, 0.1) is 0 Å². The number of nitrogens with zero attached hydrogens (tertiary/aromatic N) is 1. The summed E-state index contributed by atoms with van der Waals surface area (Å²) in [4.78, 5) is 11.6. The zero-order valence-electron chi connectivity index (χ0n) is 13.1. The standard InChI is InChI=1S/C16H14Cl2F3NO3/c1-8(11-4-3-10(23)6-12(11)17)15(25,16(19,20)21)9-5-13(18)14(24)22(2)7-9/h3-8,23,25H,1-2H3. The fourth-order valence-electron chi connectivity index (χ4n) is 2.63. The van der Waals surface area contributed by atoms with Crippen molar-refractivity contribution in [1.82, 2.24) is 4.57 Å². The lowest BCUT2D eigenvalue weighted by molar-refractivity contribution is -0.274. The Kier molecular flexibility index (Phi) is 5.14. The highest BCUT2D eigenvalue weighted by Crippen LogP contribution is 2.50. The van der Waals surface area contributed by atoms with Crippen molar-refractivity contribution < 1.29 is 23.4 Å². The smallest absolute Gasteiger partial charge is 0.422 e. The van der Waals surface area contributed by atoms with Crippen molar-refractivity contribution in [3.8, 4) is 5.75 Å². The van der Waals surface area contributed by atoms with Crippen LogP contribution >= 0.6 is 23.2 Å². The third-order valence-corrected chi connectivity index (χ3v) is 4.69. The molecule has 9 heteroatoms. The van der Waals surface area contributed by atoms with Gasteiger partial charge in [-0.05, 0) is 23.8 Å². The Labute approximate surface area is 151 Å². The number of phenols is 1. The first-order valence-electron chi connectivity index (χ1n) is 7.03. The Balaban J connectivity index is 2.73. The van der Waals surface area contributed by atoms with Gasteiger partial charge in [-0.1, -0.05) is 36.2 Å². The monoisotopic (exact) mass is 395 g/mol. The third kappa shape index (κ3) is 3.36. The topological polar surface area (TPSA) is 62.5 Å². The summed E-state index contributed by atoms with van der Waals surface area (Å²) in [6, 6.07) is 4.24. The van der Waals surface area contributed by atoms with Gasteiger partial charge in [0.2, 0.25) is 0 Å². The van der Waals surface area contributed by atoms with Gasteiger partial charge in [0.1, 0.15) is 10.8 Å². The first kappa shape index (κ1) is 19.6. The maximum absolute atomic E-state index is 13.8. The van der Waals surface area contributed by atoms with Crippen LogP contribution in [0.1, 0.15) is 24.0 Å². The number of rotatable bonds is 3. The molecule has 4 nitrogen and oxygen atoms in total. The summed E-state index contributed by atoms with van der Waals surface area (Å²) in [6.07, 6.45) is -4.21. The number of halogens is 5. The molecule has 1 aromatic carbocycles. The van der Waals surface area contributed by atoms with Crippen LogP contribution < -0.4 is 5.56 Å². The molecule has 0 aliphatic heterocycles. The van der Waals surface area contributed by atoms with Gasteiger partial charge in [0, 0.05) is 29.7 Å². The second-order valence-electron chi connectivity index (χ2n) is 5.68. The highest BCUT2D eigenvalue weighted by atomic mass is 35.5. The van der Waals surface area contributed by atoms with E-state index in [0.717, 1.165) is 29.8 Å². The van der Waals surface area contributed by atoms with Crippen LogP contribution in [0, 0.1) is 0 Å². The number of aromatic nitrogens is 1. The van der Waals surface area contributed by atoms with E-state index >= 15 is 0 Å². The number of hydrogen-bond acceptors (Lipinski definition) is 3. The van der Waals surface area contributed by atoms with Gasteiger partial charge in [0.15, 0.2) is 5.60 Å².